The molecular formula is C25H26N6O6S. The van der Waals surface area contributed by atoms with E-state index in [1.807, 2.05) is 18.2 Å². The minimum absolute atomic E-state index is 0.162. The van der Waals surface area contributed by atoms with Gasteiger partial charge in [-0.15, -0.1) is 0 Å². The van der Waals surface area contributed by atoms with Crippen LogP contribution in [0.5, 0.6) is 11.5 Å². The van der Waals surface area contributed by atoms with Crippen LogP contribution < -0.4 is 20.7 Å². The van der Waals surface area contributed by atoms with Gasteiger partial charge in [-0.3, -0.25) is 19.2 Å². The lowest BCUT2D eigenvalue weighted by Gasteiger charge is -2.34. The van der Waals surface area contributed by atoms with Gasteiger partial charge in [-0.1, -0.05) is 6.07 Å². The van der Waals surface area contributed by atoms with Gasteiger partial charge in [0.2, 0.25) is 16.8 Å². The van der Waals surface area contributed by atoms with Crippen molar-refractivity contribution >= 4 is 21.2 Å². The number of aromatic amines is 2. The number of nitrogens with one attached hydrogen (secondary N) is 2. The van der Waals surface area contributed by atoms with E-state index < -0.39 is 21.3 Å². The molecule has 2 aliphatic rings. The van der Waals surface area contributed by atoms with Crippen LogP contribution in [0.1, 0.15) is 12.5 Å². The van der Waals surface area contributed by atoms with Crippen molar-refractivity contribution in [2.75, 3.05) is 33.0 Å². The van der Waals surface area contributed by atoms with Crippen molar-refractivity contribution in [3.63, 3.8) is 0 Å². The van der Waals surface area contributed by atoms with Crippen molar-refractivity contribution in [1.82, 2.24) is 28.7 Å². The van der Waals surface area contributed by atoms with Gasteiger partial charge in [0.15, 0.2) is 17.1 Å². The molecule has 0 radical (unpaired) electrons. The fourth-order valence-corrected chi connectivity index (χ4v) is 6.22. The molecule has 0 saturated carbocycles. The Morgan fingerprint density at radius 3 is 2.42 bits per heavy atom. The van der Waals surface area contributed by atoms with Crippen molar-refractivity contribution in [3.8, 4) is 22.9 Å². The van der Waals surface area contributed by atoms with Crippen LogP contribution in [0, 0.1) is 0 Å². The van der Waals surface area contributed by atoms with E-state index >= 15 is 0 Å². The summed E-state index contributed by atoms with van der Waals surface area (Å²) in [5.74, 6) is 1.84. The average Bonchev–Trinajstić information content (AvgIpc) is 3.56. The van der Waals surface area contributed by atoms with Gasteiger partial charge in [0.25, 0.3) is 5.56 Å². The molecule has 6 rings (SSSR count). The lowest BCUT2D eigenvalue weighted by Crippen LogP contribution is -2.48. The lowest BCUT2D eigenvalue weighted by atomic mass is 10.2. The molecule has 2 aliphatic heterocycles. The monoisotopic (exact) mass is 538 g/mol. The molecule has 38 heavy (non-hydrogen) atoms. The normalized spacial score (nSPS) is 16.3. The van der Waals surface area contributed by atoms with E-state index in [1.54, 1.807) is 19.1 Å². The Kier molecular flexibility index (Phi) is 6.05. The molecule has 0 amide bonds. The number of hydrogen-bond donors (Lipinski definition) is 2. The predicted octanol–water partition coefficient (Wildman–Crippen LogP) is 1.33. The van der Waals surface area contributed by atoms with E-state index in [0.29, 0.717) is 44.1 Å². The summed E-state index contributed by atoms with van der Waals surface area (Å²) < 4.78 is 40.0. The number of ether oxygens (including phenoxy) is 2. The molecule has 0 spiro atoms. The average molecular weight is 539 g/mol. The van der Waals surface area contributed by atoms with Gasteiger partial charge in [-0.05, 0) is 48.9 Å². The van der Waals surface area contributed by atoms with E-state index in [9.17, 15) is 18.0 Å². The van der Waals surface area contributed by atoms with Gasteiger partial charge in [-0.2, -0.15) is 4.31 Å². The van der Waals surface area contributed by atoms with Gasteiger partial charge in [0.05, 0.1) is 4.90 Å². The summed E-state index contributed by atoms with van der Waals surface area (Å²) in [6.07, 6.45) is 0. The van der Waals surface area contributed by atoms with Gasteiger partial charge >= 0.3 is 5.69 Å². The van der Waals surface area contributed by atoms with Crippen LogP contribution in [0.4, 0.5) is 0 Å². The minimum atomic E-state index is -3.67. The standard InChI is InChI=1S/C25H26N6O6S/c1-2-31-24(32)21-23(28-25(31)33)27-22(26-21)17-4-6-18(7-5-17)38(34,35)30-11-9-29(10-12-30)14-16-3-8-19-20(13-16)37-15-36-19/h3-8,13H,2,9-12,14-15H2,1H3,(H,26,27)(H,28,33). The first kappa shape index (κ1) is 24.4. The zero-order valence-corrected chi connectivity index (χ0v) is 21.5. The number of rotatable bonds is 6. The van der Waals surface area contributed by atoms with Crippen LogP contribution in [0.3, 0.4) is 0 Å². The molecule has 12 nitrogen and oxygen atoms in total. The molecule has 0 bridgehead atoms. The largest absolute Gasteiger partial charge is 0.454 e. The van der Waals surface area contributed by atoms with Crippen LogP contribution in [0.15, 0.2) is 56.9 Å². The van der Waals surface area contributed by atoms with Crippen LogP contribution in [-0.2, 0) is 23.1 Å². The number of fused-ring (bicyclic) bond motifs is 2. The van der Waals surface area contributed by atoms with E-state index in [2.05, 4.69) is 19.9 Å². The molecule has 13 heteroatoms. The smallest absolute Gasteiger partial charge is 0.330 e. The summed E-state index contributed by atoms with van der Waals surface area (Å²) in [6.45, 7) is 4.86. The highest BCUT2D eigenvalue weighted by atomic mass is 32.2. The Bertz CT molecular complexity index is 1730. The first-order valence-corrected chi connectivity index (χ1v) is 13.7. The molecule has 2 aromatic heterocycles. The molecular weight excluding hydrogens is 512 g/mol. The van der Waals surface area contributed by atoms with Crippen molar-refractivity contribution in [3.05, 3.63) is 68.9 Å². The number of nitrogens with zero attached hydrogens (tertiary/aromatic N) is 4. The lowest BCUT2D eigenvalue weighted by molar-refractivity contribution is 0.173. The number of H-pyrrole nitrogens is 2. The number of hydrogen-bond acceptors (Lipinski definition) is 8. The molecule has 2 aromatic carbocycles. The van der Waals surface area contributed by atoms with Crippen molar-refractivity contribution < 1.29 is 17.9 Å². The summed E-state index contributed by atoms with van der Waals surface area (Å²) in [7, 11) is -3.67. The van der Waals surface area contributed by atoms with Crippen LogP contribution in [0.2, 0.25) is 0 Å². The summed E-state index contributed by atoms with van der Waals surface area (Å²) >= 11 is 0. The SMILES string of the molecule is CCn1c(=O)[nH]c2nc(-c3ccc(S(=O)(=O)N4CCN(Cc5ccc6c(c5)OCO6)CC4)cc3)[nH]c2c1=O. The van der Waals surface area contributed by atoms with E-state index in [0.717, 1.165) is 21.6 Å². The zero-order chi connectivity index (χ0) is 26.4. The van der Waals surface area contributed by atoms with Crippen molar-refractivity contribution in [2.24, 2.45) is 0 Å². The zero-order valence-electron chi connectivity index (χ0n) is 20.6. The first-order valence-electron chi connectivity index (χ1n) is 12.3. The number of benzene rings is 2. The number of sulfonamides is 1. The summed E-state index contributed by atoms with van der Waals surface area (Å²) in [5.41, 5.74) is 1.05. The van der Waals surface area contributed by atoms with E-state index in [4.69, 9.17) is 9.47 Å². The second kappa shape index (κ2) is 9.42. The fourth-order valence-electron chi connectivity index (χ4n) is 4.80. The highest BCUT2D eigenvalue weighted by Crippen LogP contribution is 2.33. The highest BCUT2D eigenvalue weighted by molar-refractivity contribution is 7.89. The third-order valence-electron chi connectivity index (χ3n) is 6.89. The number of aromatic nitrogens is 4. The molecule has 0 unspecified atom stereocenters. The molecule has 0 atom stereocenters. The van der Waals surface area contributed by atoms with Gasteiger partial charge in [0, 0.05) is 44.8 Å². The second-order valence-electron chi connectivity index (χ2n) is 9.18. The quantitative estimate of drug-likeness (QED) is 0.374. The Morgan fingerprint density at radius 2 is 1.68 bits per heavy atom. The van der Waals surface area contributed by atoms with Crippen LogP contribution in [0.25, 0.3) is 22.6 Å². The van der Waals surface area contributed by atoms with Crippen LogP contribution >= 0.6 is 0 Å². The van der Waals surface area contributed by atoms with E-state index in [-0.39, 0.29) is 29.4 Å². The summed E-state index contributed by atoms with van der Waals surface area (Å²) in [6, 6.07) is 12.2. The summed E-state index contributed by atoms with van der Waals surface area (Å²) in [5, 5.41) is 0. The second-order valence-corrected chi connectivity index (χ2v) is 11.1. The minimum Gasteiger partial charge on any atom is -0.454 e. The maximum Gasteiger partial charge on any atom is 0.330 e. The molecule has 1 fully saturated rings. The van der Waals surface area contributed by atoms with E-state index in [1.165, 1.54) is 16.4 Å². The number of imidazole rings is 1. The third kappa shape index (κ3) is 4.27. The molecule has 0 aliphatic carbocycles. The Morgan fingerprint density at radius 1 is 0.947 bits per heavy atom. The first-order chi connectivity index (χ1) is 18.3. The summed E-state index contributed by atoms with van der Waals surface area (Å²) in [4.78, 5) is 36.8. The maximum atomic E-state index is 13.3. The maximum absolute atomic E-state index is 13.3. The van der Waals surface area contributed by atoms with Crippen molar-refractivity contribution in [1.29, 1.82) is 0 Å². The molecule has 2 N–H and O–H groups in total. The van der Waals surface area contributed by atoms with Crippen molar-refractivity contribution in [2.45, 2.75) is 24.9 Å². The Balaban J connectivity index is 1.14. The van der Waals surface area contributed by atoms with Crippen LogP contribution in [-0.4, -0.2) is 70.1 Å². The topological polar surface area (TPSA) is 143 Å². The Labute approximate surface area is 217 Å². The predicted molar refractivity (Wildman–Crippen MR) is 139 cm³/mol. The Hall–Kier alpha value is -3.94. The van der Waals surface area contributed by atoms with Gasteiger partial charge in [-0.25, -0.2) is 18.2 Å². The molecule has 4 aromatic rings. The molecule has 1 saturated heterocycles. The molecule has 4 heterocycles. The number of piperazine rings is 1. The fraction of sp³-hybridized carbons (Fsp3) is 0.320. The highest BCUT2D eigenvalue weighted by Gasteiger charge is 2.29. The van der Waals surface area contributed by atoms with Gasteiger partial charge < -0.3 is 14.5 Å². The van der Waals surface area contributed by atoms with Gasteiger partial charge in [0.1, 0.15) is 11.3 Å². The molecule has 198 valence electrons. The third-order valence-corrected chi connectivity index (χ3v) is 8.80.